The van der Waals surface area contributed by atoms with Crippen LogP contribution < -0.4 is 5.32 Å². The third kappa shape index (κ3) is 4.09. The maximum absolute atomic E-state index is 3.49. The van der Waals surface area contributed by atoms with Gasteiger partial charge in [0.2, 0.25) is 0 Å². The maximum Gasteiger partial charge on any atom is 0.0849 e. The van der Waals surface area contributed by atoms with Gasteiger partial charge in [-0.1, -0.05) is 66.3 Å². The largest absolute Gasteiger partial charge is 0.302 e. The lowest BCUT2D eigenvalue weighted by molar-refractivity contribution is 0.644. The molecule has 1 aromatic rings. The Bertz CT molecular complexity index is 223. The average Bonchev–Trinajstić information content (AvgIpc) is 2.19. The van der Waals surface area contributed by atoms with Crippen LogP contribution in [0, 0.1) is 0 Å². The van der Waals surface area contributed by atoms with Crippen molar-refractivity contribution in [1.82, 2.24) is 5.32 Å². The van der Waals surface area contributed by atoms with Gasteiger partial charge in [-0.25, -0.2) is 0 Å². The molecular formula is C11H16IN. The van der Waals surface area contributed by atoms with Gasteiger partial charge in [-0.15, -0.1) is 0 Å². The number of alkyl halides is 1. The maximum atomic E-state index is 3.49. The van der Waals surface area contributed by atoms with Crippen molar-refractivity contribution in [2.75, 3.05) is 6.54 Å². The van der Waals surface area contributed by atoms with Gasteiger partial charge in [0.05, 0.1) is 4.05 Å². The first-order chi connectivity index (χ1) is 6.34. The Morgan fingerprint density at radius 1 is 1.31 bits per heavy atom. The molecule has 0 aliphatic carbocycles. The second-order valence-corrected chi connectivity index (χ2v) is 4.33. The molecule has 0 heterocycles. The summed E-state index contributed by atoms with van der Waals surface area (Å²) in [4.78, 5) is 0. The van der Waals surface area contributed by atoms with Crippen LogP contribution in [0.1, 0.15) is 29.4 Å². The molecule has 0 bridgehead atoms. The molecule has 72 valence electrons. The van der Waals surface area contributed by atoms with Gasteiger partial charge in [-0.2, -0.15) is 0 Å². The molecule has 0 spiro atoms. The van der Waals surface area contributed by atoms with Gasteiger partial charge in [0.1, 0.15) is 0 Å². The van der Waals surface area contributed by atoms with E-state index in [1.165, 1.54) is 18.4 Å². The van der Waals surface area contributed by atoms with Crippen LogP contribution in [0.15, 0.2) is 30.3 Å². The predicted molar refractivity (Wildman–Crippen MR) is 66.1 cm³/mol. The van der Waals surface area contributed by atoms with Crippen LogP contribution in [0.4, 0.5) is 0 Å². The summed E-state index contributed by atoms with van der Waals surface area (Å²) in [6, 6.07) is 10.6. The minimum atomic E-state index is 0.449. The molecule has 2 heteroatoms. The summed E-state index contributed by atoms with van der Waals surface area (Å²) in [6.07, 6.45) is 2.51. The fourth-order valence-corrected chi connectivity index (χ4v) is 1.87. The SMILES string of the molecule is CCCCN[C@@H](I)c1ccccc1. The molecule has 13 heavy (non-hydrogen) atoms. The number of rotatable bonds is 5. The Labute approximate surface area is 94.1 Å². The van der Waals surface area contributed by atoms with Gasteiger partial charge < -0.3 is 5.32 Å². The molecule has 1 nitrogen and oxygen atoms in total. The van der Waals surface area contributed by atoms with E-state index in [0.717, 1.165) is 6.54 Å². The zero-order valence-electron chi connectivity index (χ0n) is 7.96. The molecule has 0 saturated heterocycles. The van der Waals surface area contributed by atoms with Gasteiger partial charge in [-0.05, 0) is 18.5 Å². The van der Waals surface area contributed by atoms with E-state index in [1.54, 1.807) is 0 Å². The summed E-state index contributed by atoms with van der Waals surface area (Å²) in [5.41, 5.74) is 1.36. The molecule has 0 amide bonds. The first-order valence-electron chi connectivity index (χ1n) is 4.77. The number of halogens is 1. The molecule has 1 aromatic carbocycles. The van der Waals surface area contributed by atoms with E-state index in [2.05, 4.69) is 65.2 Å². The lowest BCUT2D eigenvalue weighted by atomic mass is 10.2. The number of nitrogens with one attached hydrogen (secondary N) is 1. The highest BCUT2D eigenvalue weighted by molar-refractivity contribution is 14.1. The van der Waals surface area contributed by atoms with Crippen molar-refractivity contribution >= 4 is 22.6 Å². The van der Waals surface area contributed by atoms with E-state index in [-0.39, 0.29) is 0 Å². The van der Waals surface area contributed by atoms with Crippen LogP contribution >= 0.6 is 22.6 Å². The highest BCUT2D eigenvalue weighted by Gasteiger charge is 2.03. The normalized spacial score (nSPS) is 12.8. The minimum Gasteiger partial charge on any atom is -0.302 e. The summed E-state index contributed by atoms with van der Waals surface area (Å²) in [5, 5.41) is 3.49. The average molecular weight is 289 g/mol. The third-order valence-electron chi connectivity index (χ3n) is 1.95. The number of unbranched alkanes of at least 4 members (excludes halogenated alkanes) is 1. The quantitative estimate of drug-likeness (QED) is 0.378. The molecule has 0 radical (unpaired) electrons. The highest BCUT2D eigenvalue weighted by Crippen LogP contribution is 2.19. The number of hydrogen-bond acceptors (Lipinski definition) is 1. The Balaban J connectivity index is 2.35. The third-order valence-corrected chi connectivity index (χ3v) is 3.11. The smallest absolute Gasteiger partial charge is 0.0849 e. The highest BCUT2D eigenvalue weighted by atomic mass is 127. The first-order valence-corrected chi connectivity index (χ1v) is 6.01. The molecule has 0 aromatic heterocycles. The lowest BCUT2D eigenvalue weighted by Gasteiger charge is -2.11. The Morgan fingerprint density at radius 3 is 2.62 bits per heavy atom. The number of hydrogen-bond donors (Lipinski definition) is 1. The van der Waals surface area contributed by atoms with Crippen LogP contribution in [0.2, 0.25) is 0 Å². The standard InChI is InChI=1S/C11H16IN/c1-2-3-9-13-11(12)10-7-5-4-6-8-10/h4-8,11,13H,2-3,9H2,1H3/t11-/m1/s1. The van der Waals surface area contributed by atoms with Crippen molar-refractivity contribution < 1.29 is 0 Å². The topological polar surface area (TPSA) is 12.0 Å². The van der Waals surface area contributed by atoms with Crippen molar-refractivity contribution in [3.63, 3.8) is 0 Å². The molecule has 0 saturated carbocycles. The summed E-state index contributed by atoms with van der Waals surface area (Å²) in [5.74, 6) is 0. The summed E-state index contributed by atoms with van der Waals surface area (Å²) in [6.45, 7) is 3.32. The van der Waals surface area contributed by atoms with E-state index < -0.39 is 0 Å². The fraction of sp³-hybridized carbons (Fsp3) is 0.455. The Hall–Kier alpha value is -0.0900. The zero-order valence-corrected chi connectivity index (χ0v) is 10.1. The van der Waals surface area contributed by atoms with Crippen molar-refractivity contribution in [2.24, 2.45) is 0 Å². The van der Waals surface area contributed by atoms with Crippen LogP contribution in [-0.4, -0.2) is 6.54 Å². The Morgan fingerprint density at radius 2 is 2.00 bits per heavy atom. The monoisotopic (exact) mass is 289 g/mol. The van der Waals surface area contributed by atoms with E-state index in [4.69, 9.17) is 0 Å². The van der Waals surface area contributed by atoms with Gasteiger partial charge in [0, 0.05) is 0 Å². The molecule has 1 rings (SSSR count). The Kier molecular flexibility index (Phi) is 5.39. The fourth-order valence-electron chi connectivity index (χ4n) is 1.15. The van der Waals surface area contributed by atoms with Gasteiger partial charge in [0.15, 0.2) is 0 Å². The first kappa shape index (κ1) is 11.0. The summed E-state index contributed by atoms with van der Waals surface area (Å²) >= 11 is 2.44. The van der Waals surface area contributed by atoms with Crippen LogP contribution in [-0.2, 0) is 0 Å². The van der Waals surface area contributed by atoms with Crippen molar-refractivity contribution in [3.8, 4) is 0 Å². The zero-order chi connectivity index (χ0) is 9.52. The minimum absolute atomic E-state index is 0.449. The molecule has 0 unspecified atom stereocenters. The second-order valence-electron chi connectivity index (χ2n) is 3.08. The molecule has 1 atom stereocenters. The predicted octanol–water partition coefficient (Wildman–Crippen LogP) is 3.51. The molecule has 0 aliphatic rings. The van der Waals surface area contributed by atoms with Crippen molar-refractivity contribution in [3.05, 3.63) is 35.9 Å². The van der Waals surface area contributed by atoms with Gasteiger partial charge >= 0.3 is 0 Å². The summed E-state index contributed by atoms with van der Waals surface area (Å²) in [7, 11) is 0. The van der Waals surface area contributed by atoms with Crippen LogP contribution in [0.25, 0.3) is 0 Å². The van der Waals surface area contributed by atoms with Crippen LogP contribution in [0.5, 0.6) is 0 Å². The van der Waals surface area contributed by atoms with E-state index >= 15 is 0 Å². The molecule has 0 fully saturated rings. The van der Waals surface area contributed by atoms with Crippen molar-refractivity contribution in [1.29, 1.82) is 0 Å². The molecule has 1 N–H and O–H groups in total. The van der Waals surface area contributed by atoms with Gasteiger partial charge in [-0.3, -0.25) is 0 Å². The molecule has 0 aliphatic heterocycles. The number of benzene rings is 1. The van der Waals surface area contributed by atoms with Gasteiger partial charge in [0.25, 0.3) is 0 Å². The second kappa shape index (κ2) is 6.38. The lowest BCUT2D eigenvalue weighted by Crippen LogP contribution is -2.17. The van der Waals surface area contributed by atoms with Crippen LogP contribution in [0.3, 0.4) is 0 Å². The van der Waals surface area contributed by atoms with Crippen molar-refractivity contribution in [2.45, 2.75) is 23.8 Å². The summed E-state index contributed by atoms with van der Waals surface area (Å²) < 4.78 is 0.449. The van der Waals surface area contributed by atoms with E-state index in [9.17, 15) is 0 Å². The van der Waals surface area contributed by atoms with E-state index in [1.807, 2.05) is 0 Å². The molecular weight excluding hydrogens is 273 g/mol. The van der Waals surface area contributed by atoms with E-state index in [0.29, 0.717) is 4.05 Å².